The number of hydrogen-bond acceptors (Lipinski definition) is 5. The molecule has 2 bridgehead atoms. The van der Waals surface area contributed by atoms with Crippen LogP contribution < -0.4 is 0 Å². The molecule has 3 aliphatic carbocycles. The van der Waals surface area contributed by atoms with Crippen LogP contribution in [0, 0.1) is 0 Å². The van der Waals surface area contributed by atoms with Gasteiger partial charge in [-0.15, -0.1) is 0 Å². The van der Waals surface area contributed by atoms with Crippen LogP contribution in [-0.2, 0) is 0 Å². The van der Waals surface area contributed by atoms with Crippen molar-refractivity contribution in [2.45, 2.75) is 11.8 Å². The van der Waals surface area contributed by atoms with Gasteiger partial charge in [0.2, 0.25) is 0 Å². The van der Waals surface area contributed by atoms with Crippen LogP contribution in [0.2, 0.25) is 0 Å². The molecule has 0 aliphatic heterocycles. The first-order chi connectivity index (χ1) is 24.8. The fourth-order valence-corrected chi connectivity index (χ4v) is 7.76. The summed E-state index contributed by atoms with van der Waals surface area (Å²) in [5.74, 6) is 2.33. The van der Waals surface area contributed by atoms with Crippen molar-refractivity contribution in [2.75, 3.05) is 0 Å². The molecule has 0 fully saturated rings. The summed E-state index contributed by atoms with van der Waals surface area (Å²) in [6.07, 6.45) is 1.72. The number of aromatic nitrogens is 5. The summed E-state index contributed by atoms with van der Waals surface area (Å²) >= 11 is 0. The van der Waals surface area contributed by atoms with E-state index in [1.165, 1.54) is 38.9 Å². The second-order valence-electron chi connectivity index (χ2n) is 12.9. The molecular formula is C45H29N5. The fourth-order valence-electron chi connectivity index (χ4n) is 7.76. The zero-order chi connectivity index (χ0) is 33.0. The van der Waals surface area contributed by atoms with Gasteiger partial charge in [0, 0.05) is 40.3 Å². The second kappa shape index (κ2) is 11.5. The molecular weight excluding hydrogens is 611 g/mol. The van der Waals surface area contributed by atoms with Gasteiger partial charge in [0.1, 0.15) is 0 Å². The van der Waals surface area contributed by atoms with E-state index in [1.54, 1.807) is 6.20 Å². The van der Waals surface area contributed by atoms with Gasteiger partial charge in [0.15, 0.2) is 17.5 Å². The van der Waals surface area contributed by atoms with Crippen molar-refractivity contribution in [1.29, 1.82) is 0 Å². The Bertz CT molecular complexity index is 2470. The van der Waals surface area contributed by atoms with Gasteiger partial charge in [-0.1, -0.05) is 133 Å². The van der Waals surface area contributed by atoms with E-state index >= 15 is 0 Å². The molecule has 5 heteroatoms. The normalized spacial score (nSPS) is 15.2. The van der Waals surface area contributed by atoms with E-state index in [9.17, 15) is 0 Å². The largest absolute Gasteiger partial charge is 0.208 e. The van der Waals surface area contributed by atoms with Gasteiger partial charge < -0.3 is 0 Å². The third-order valence-electron chi connectivity index (χ3n) is 10.1. The molecule has 2 heterocycles. The molecule has 5 nitrogen and oxygen atoms in total. The molecule has 0 saturated carbocycles. The summed E-state index contributed by atoms with van der Waals surface area (Å²) in [4.78, 5) is 14.7. The van der Waals surface area contributed by atoms with Crippen LogP contribution in [0.1, 0.15) is 45.2 Å². The van der Waals surface area contributed by atoms with Gasteiger partial charge in [-0.05, 0) is 68.8 Å². The van der Waals surface area contributed by atoms with Crippen molar-refractivity contribution in [3.63, 3.8) is 0 Å². The standard InChI is InChI=1S/C45H29N5/c1-3-10-29(11-4-1)43-47-44(30-12-5-2-6-13-30)49-45(48-43)31-19-17-28(18-20-31)32-21-23-36-38(26-32)41-34-14-7-8-15-35(34)42(36)39-27-33(22-24-37(39)41)40-16-9-25-46-50-40/h1-27,41-42H. The Balaban J connectivity index is 1.03. The SMILES string of the molecule is c1ccc(-c2nc(-c3ccccc3)nc(-c3ccc(-c4ccc5c(c4)C4c6ccccc6C5c5cc(-c6cccnn6)ccc54)cc3)n2)cc1. The van der Waals surface area contributed by atoms with Crippen LogP contribution in [0.25, 0.3) is 56.5 Å². The minimum atomic E-state index is 0.175. The first-order valence-electron chi connectivity index (χ1n) is 16.9. The Hall–Kier alpha value is -6.59. The third-order valence-corrected chi connectivity index (χ3v) is 10.1. The molecule has 8 aromatic rings. The molecule has 0 N–H and O–H groups in total. The van der Waals surface area contributed by atoms with Crippen molar-refractivity contribution in [2.24, 2.45) is 0 Å². The van der Waals surface area contributed by atoms with Crippen LogP contribution in [0.15, 0.2) is 164 Å². The van der Waals surface area contributed by atoms with E-state index in [1.807, 2.05) is 72.8 Å². The highest BCUT2D eigenvalue weighted by Gasteiger charge is 2.41. The lowest BCUT2D eigenvalue weighted by Gasteiger charge is -2.42. The molecule has 0 amide bonds. The van der Waals surface area contributed by atoms with Crippen molar-refractivity contribution in [3.05, 3.63) is 197 Å². The van der Waals surface area contributed by atoms with Crippen LogP contribution in [0.3, 0.4) is 0 Å². The summed E-state index contributed by atoms with van der Waals surface area (Å²) < 4.78 is 0. The predicted octanol–water partition coefficient (Wildman–Crippen LogP) is 9.98. The molecule has 2 atom stereocenters. The van der Waals surface area contributed by atoms with E-state index in [-0.39, 0.29) is 11.8 Å². The van der Waals surface area contributed by atoms with Crippen LogP contribution in [0.4, 0.5) is 0 Å². The Labute approximate surface area is 290 Å². The van der Waals surface area contributed by atoms with Gasteiger partial charge >= 0.3 is 0 Å². The molecule has 50 heavy (non-hydrogen) atoms. The van der Waals surface area contributed by atoms with Crippen molar-refractivity contribution in [3.8, 4) is 56.5 Å². The quantitative estimate of drug-likeness (QED) is 0.188. The van der Waals surface area contributed by atoms with Crippen molar-refractivity contribution < 1.29 is 0 Å². The summed E-state index contributed by atoms with van der Waals surface area (Å²) in [6, 6.07) is 55.6. The van der Waals surface area contributed by atoms with Gasteiger partial charge in [-0.3, -0.25) is 0 Å². The molecule has 0 saturated heterocycles. The number of rotatable bonds is 5. The van der Waals surface area contributed by atoms with Gasteiger partial charge in [0.25, 0.3) is 0 Å². The van der Waals surface area contributed by atoms with Gasteiger partial charge in [0.05, 0.1) is 5.69 Å². The number of hydrogen-bond donors (Lipinski definition) is 0. The van der Waals surface area contributed by atoms with E-state index in [0.717, 1.165) is 33.5 Å². The minimum absolute atomic E-state index is 0.175. The van der Waals surface area contributed by atoms with Crippen molar-refractivity contribution in [1.82, 2.24) is 25.1 Å². The molecule has 2 aromatic heterocycles. The molecule has 11 rings (SSSR count). The summed E-state index contributed by atoms with van der Waals surface area (Å²) in [7, 11) is 0. The molecule has 0 radical (unpaired) electrons. The predicted molar refractivity (Wildman–Crippen MR) is 197 cm³/mol. The van der Waals surface area contributed by atoms with E-state index in [0.29, 0.717) is 17.5 Å². The van der Waals surface area contributed by atoms with Gasteiger partial charge in [-0.25, -0.2) is 15.0 Å². The maximum atomic E-state index is 4.92. The van der Waals surface area contributed by atoms with Crippen LogP contribution in [-0.4, -0.2) is 25.1 Å². The highest BCUT2D eigenvalue weighted by Crippen LogP contribution is 2.56. The van der Waals surface area contributed by atoms with Crippen molar-refractivity contribution >= 4 is 0 Å². The van der Waals surface area contributed by atoms with E-state index < -0.39 is 0 Å². The summed E-state index contributed by atoms with van der Waals surface area (Å²) in [5.41, 5.74) is 15.5. The number of benzene rings is 6. The smallest absolute Gasteiger partial charge is 0.164 e. The van der Waals surface area contributed by atoms with E-state index in [4.69, 9.17) is 15.0 Å². The maximum Gasteiger partial charge on any atom is 0.164 e. The average Bonchev–Trinajstić information content (AvgIpc) is 3.21. The fraction of sp³-hybridized carbons (Fsp3) is 0.0444. The maximum absolute atomic E-state index is 4.92. The molecule has 234 valence electrons. The van der Waals surface area contributed by atoms with Crippen LogP contribution in [0.5, 0.6) is 0 Å². The lowest BCUT2D eigenvalue weighted by molar-refractivity contribution is 0.755. The Morgan fingerprint density at radius 1 is 0.320 bits per heavy atom. The zero-order valence-corrected chi connectivity index (χ0v) is 27.0. The van der Waals surface area contributed by atoms with E-state index in [2.05, 4.69) is 95.1 Å². The highest BCUT2D eigenvalue weighted by molar-refractivity contribution is 5.76. The Morgan fingerprint density at radius 2 is 0.760 bits per heavy atom. The monoisotopic (exact) mass is 639 g/mol. The lowest BCUT2D eigenvalue weighted by atomic mass is 9.60. The Morgan fingerprint density at radius 3 is 1.30 bits per heavy atom. The summed E-state index contributed by atoms with van der Waals surface area (Å²) in [5, 5.41) is 8.52. The average molecular weight is 640 g/mol. The third kappa shape index (κ3) is 4.66. The first kappa shape index (κ1) is 28.4. The highest BCUT2D eigenvalue weighted by atomic mass is 15.1. The Kier molecular flexibility index (Phi) is 6.56. The van der Waals surface area contributed by atoms with Gasteiger partial charge in [-0.2, -0.15) is 10.2 Å². The molecule has 6 aromatic carbocycles. The second-order valence-corrected chi connectivity index (χ2v) is 12.9. The zero-order valence-electron chi connectivity index (χ0n) is 27.0. The molecule has 2 unspecified atom stereocenters. The first-order valence-corrected chi connectivity index (χ1v) is 16.9. The molecule has 3 aliphatic rings. The number of nitrogens with zero attached hydrogens (tertiary/aromatic N) is 5. The molecule has 0 spiro atoms. The van der Waals surface area contributed by atoms with Crippen LogP contribution >= 0.6 is 0 Å². The minimum Gasteiger partial charge on any atom is -0.208 e. The summed E-state index contributed by atoms with van der Waals surface area (Å²) in [6.45, 7) is 0. The topological polar surface area (TPSA) is 64.5 Å². The lowest BCUT2D eigenvalue weighted by Crippen LogP contribution is -2.27.